The van der Waals surface area contributed by atoms with Crippen molar-refractivity contribution in [1.82, 2.24) is 4.98 Å². The van der Waals surface area contributed by atoms with Crippen molar-refractivity contribution in [2.24, 2.45) is 0 Å². The van der Waals surface area contributed by atoms with Crippen molar-refractivity contribution in [3.05, 3.63) is 82.6 Å². The Bertz CT molecular complexity index is 906. The van der Waals surface area contributed by atoms with Crippen molar-refractivity contribution < 1.29 is 9.53 Å². The summed E-state index contributed by atoms with van der Waals surface area (Å²) in [5.41, 5.74) is 2.97. The van der Waals surface area contributed by atoms with Crippen LogP contribution in [0.4, 0.5) is 5.69 Å². The van der Waals surface area contributed by atoms with Crippen LogP contribution in [-0.4, -0.2) is 10.9 Å². The van der Waals surface area contributed by atoms with Crippen LogP contribution >= 0.6 is 11.6 Å². The number of amides is 1. The number of rotatable bonds is 5. The van der Waals surface area contributed by atoms with Crippen molar-refractivity contribution in [2.45, 2.75) is 20.3 Å². The maximum Gasteiger partial charge on any atom is 0.257 e. The van der Waals surface area contributed by atoms with Crippen LogP contribution in [0.3, 0.4) is 0 Å². The molecule has 0 bridgehead atoms. The molecule has 1 heterocycles. The fourth-order valence-corrected chi connectivity index (χ4v) is 2.62. The van der Waals surface area contributed by atoms with Gasteiger partial charge in [-0.3, -0.25) is 9.78 Å². The average Bonchev–Trinajstić information content (AvgIpc) is 2.65. The second kappa shape index (κ2) is 8.02. The van der Waals surface area contributed by atoms with Gasteiger partial charge in [-0.25, -0.2) is 0 Å². The van der Waals surface area contributed by atoms with E-state index >= 15 is 0 Å². The second-order valence-electron chi connectivity index (χ2n) is 5.82. The van der Waals surface area contributed by atoms with Gasteiger partial charge in [-0.2, -0.15) is 0 Å². The van der Waals surface area contributed by atoms with Crippen LogP contribution in [0.5, 0.6) is 11.5 Å². The predicted octanol–water partition coefficient (Wildman–Crippen LogP) is 5.65. The number of halogens is 1. The Balaban J connectivity index is 1.67. The number of aryl methyl sites for hydroxylation is 2. The van der Waals surface area contributed by atoms with E-state index in [4.69, 9.17) is 16.3 Å². The van der Waals surface area contributed by atoms with Gasteiger partial charge in [0.2, 0.25) is 0 Å². The van der Waals surface area contributed by atoms with E-state index in [2.05, 4.69) is 10.3 Å². The fourth-order valence-electron chi connectivity index (χ4n) is 2.49. The molecule has 3 rings (SSSR count). The van der Waals surface area contributed by atoms with Crippen molar-refractivity contribution in [3.63, 3.8) is 0 Å². The fraction of sp³-hybridized carbons (Fsp3) is 0.143. The molecule has 5 heteroatoms. The lowest BCUT2D eigenvalue weighted by Crippen LogP contribution is -2.14. The van der Waals surface area contributed by atoms with Crippen LogP contribution in [0.1, 0.15) is 28.7 Å². The smallest absolute Gasteiger partial charge is 0.257 e. The zero-order valence-electron chi connectivity index (χ0n) is 14.6. The summed E-state index contributed by atoms with van der Waals surface area (Å²) < 4.78 is 5.74. The minimum absolute atomic E-state index is 0.177. The second-order valence-corrected chi connectivity index (χ2v) is 6.26. The molecule has 0 spiro atoms. The molecule has 0 fully saturated rings. The first-order chi connectivity index (χ1) is 12.5. The highest BCUT2D eigenvalue weighted by molar-refractivity contribution is 6.30. The maximum atomic E-state index is 12.4. The van der Waals surface area contributed by atoms with E-state index in [9.17, 15) is 4.79 Å². The van der Waals surface area contributed by atoms with E-state index in [-0.39, 0.29) is 5.91 Å². The first-order valence-electron chi connectivity index (χ1n) is 8.36. The molecule has 0 saturated carbocycles. The maximum absolute atomic E-state index is 12.4. The molecule has 0 aliphatic carbocycles. The van der Waals surface area contributed by atoms with Gasteiger partial charge in [0, 0.05) is 16.4 Å². The van der Waals surface area contributed by atoms with Gasteiger partial charge in [0.05, 0.1) is 11.3 Å². The van der Waals surface area contributed by atoms with Crippen molar-refractivity contribution in [2.75, 3.05) is 5.32 Å². The van der Waals surface area contributed by atoms with E-state index in [1.807, 2.05) is 26.0 Å². The Morgan fingerprint density at radius 2 is 1.62 bits per heavy atom. The standard InChI is InChI=1S/C21H19ClN2O2/c1-3-16-8-13-20(14(2)23-16)21(25)24-17-6-11-19(12-7-17)26-18-9-4-15(22)5-10-18/h4-13H,3H2,1-2H3,(H,24,25). The molecule has 0 radical (unpaired) electrons. The Morgan fingerprint density at radius 3 is 2.19 bits per heavy atom. The molecule has 26 heavy (non-hydrogen) atoms. The third-order valence-electron chi connectivity index (χ3n) is 3.91. The van der Waals surface area contributed by atoms with Gasteiger partial charge in [0.25, 0.3) is 5.91 Å². The number of nitrogens with zero attached hydrogens (tertiary/aromatic N) is 1. The number of hydrogen-bond donors (Lipinski definition) is 1. The molecule has 0 unspecified atom stereocenters. The van der Waals surface area contributed by atoms with Gasteiger partial charge in [0.15, 0.2) is 0 Å². The number of anilines is 1. The normalized spacial score (nSPS) is 10.4. The lowest BCUT2D eigenvalue weighted by atomic mass is 10.1. The van der Waals surface area contributed by atoms with Gasteiger partial charge >= 0.3 is 0 Å². The highest BCUT2D eigenvalue weighted by atomic mass is 35.5. The third kappa shape index (κ3) is 4.41. The number of carbonyl (C=O) groups excluding carboxylic acids is 1. The predicted molar refractivity (Wildman–Crippen MR) is 104 cm³/mol. The average molecular weight is 367 g/mol. The Hall–Kier alpha value is -2.85. The number of aromatic nitrogens is 1. The lowest BCUT2D eigenvalue weighted by molar-refractivity contribution is 0.102. The van der Waals surface area contributed by atoms with Gasteiger partial charge < -0.3 is 10.1 Å². The molecule has 2 aromatic carbocycles. The molecule has 0 aliphatic rings. The SMILES string of the molecule is CCc1ccc(C(=O)Nc2ccc(Oc3ccc(Cl)cc3)cc2)c(C)n1. The molecular formula is C21H19ClN2O2. The summed E-state index contributed by atoms with van der Waals surface area (Å²) in [6.07, 6.45) is 0.845. The van der Waals surface area contributed by atoms with Crippen LogP contribution in [-0.2, 0) is 6.42 Å². The third-order valence-corrected chi connectivity index (χ3v) is 4.16. The molecule has 1 amide bonds. The summed E-state index contributed by atoms with van der Waals surface area (Å²) in [7, 11) is 0. The minimum atomic E-state index is -0.177. The molecule has 0 saturated heterocycles. The molecule has 132 valence electrons. The van der Waals surface area contributed by atoms with Crippen LogP contribution in [0.15, 0.2) is 60.7 Å². The van der Waals surface area contributed by atoms with Crippen LogP contribution in [0, 0.1) is 6.92 Å². The van der Waals surface area contributed by atoms with Crippen LogP contribution in [0.2, 0.25) is 5.02 Å². The molecule has 3 aromatic rings. The lowest BCUT2D eigenvalue weighted by Gasteiger charge is -2.10. The quantitative estimate of drug-likeness (QED) is 0.634. The van der Waals surface area contributed by atoms with Gasteiger partial charge in [0.1, 0.15) is 11.5 Å². The summed E-state index contributed by atoms with van der Waals surface area (Å²) in [6, 6.07) is 18.0. The van der Waals surface area contributed by atoms with Crippen LogP contribution < -0.4 is 10.1 Å². The number of pyridine rings is 1. The van der Waals surface area contributed by atoms with Crippen LogP contribution in [0.25, 0.3) is 0 Å². The minimum Gasteiger partial charge on any atom is -0.457 e. The monoisotopic (exact) mass is 366 g/mol. The highest BCUT2D eigenvalue weighted by Crippen LogP contribution is 2.24. The molecular weight excluding hydrogens is 348 g/mol. The Kier molecular flexibility index (Phi) is 5.54. The number of hydrogen-bond acceptors (Lipinski definition) is 3. The molecule has 1 aromatic heterocycles. The van der Waals surface area contributed by atoms with E-state index in [1.165, 1.54) is 0 Å². The summed E-state index contributed by atoms with van der Waals surface area (Å²) in [5, 5.41) is 3.54. The summed E-state index contributed by atoms with van der Waals surface area (Å²) in [5.74, 6) is 1.20. The van der Waals surface area contributed by atoms with Gasteiger partial charge in [-0.15, -0.1) is 0 Å². The Labute approximate surface area is 157 Å². The van der Waals surface area contributed by atoms with E-state index in [0.717, 1.165) is 17.8 Å². The Morgan fingerprint density at radius 1 is 1.00 bits per heavy atom. The number of benzene rings is 2. The van der Waals surface area contributed by atoms with Gasteiger partial charge in [-0.1, -0.05) is 18.5 Å². The highest BCUT2D eigenvalue weighted by Gasteiger charge is 2.11. The number of ether oxygens (including phenoxy) is 1. The molecule has 4 nitrogen and oxygen atoms in total. The summed E-state index contributed by atoms with van der Waals surface area (Å²) in [6.45, 7) is 3.88. The largest absolute Gasteiger partial charge is 0.457 e. The van der Waals surface area contributed by atoms with Crippen molar-refractivity contribution >= 4 is 23.2 Å². The van der Waals surface area contributed by atoms with E-state index in [0.29, 0.717) is 27.8 Å². The summed E-state index contributed by atoms with van der Waals surface area (Å²) >= 11 is 5.86. The zero-order valence-corrected chi connectivity index (χ0v) is 15.4. The number of carbonyl (C=O) groups is 1. The first kappa shape index (κ1) is 18.0. The number of nitrogens with one attached hydrogen (secondary N) is 1. The topological polar surface area (TPSA) is 51.2 Å². The van der Waals surface area contributed by atoms with Crippen molar-refractivity contribution in [1.29, 1.82) is 0 Å². The molecule has 0 atom stereocenters. The molecule has 0 aliphatic heterocycles. The zero-order chi connectivity index (χ0) is 18.5. The summed E-state index contributed by atoms with van der Waals surface area (Å²) in [4.78, 5) is 16.9. The first-order valence-corrected chi connectivity index (χ1v) is 8.74. The van der Waals surface area contributed by atoms with Gasteiger partial charge in [-0.05, 0) is 74.0 Å². The van der Waals surface area contributed by atoms with E-state index < -0.39 is 0 Å². The molecule has 1 N–H and O–H groups in total. The van der Waals surface area contributed by atoms with Crippen molar-refractivity contribution in [3.8, 4) is 11.5 Å². The van der Waals surface area contributed by atoms with E-state index in [1.54, 1.807) is 48.5 Å².